The van der Waals surface area contributed by atoms with E-state index < -0.39 is 10.0 Å². The Hall–Kier alpha value is -2.91. The minimum absolute atomic E-state index is 0.200. The van der Waals surface area contributed by atoms with Crippen molar-refractivity contribution in [3.05, 3.63) is 58.3 Å². The number of nitrogens with zero attached hydrogens (tertiary/aromatic N) is 1. The van der Waals surface area contributed by atoms with E-state index in [0.717, 1.165) is 16.9 Å². The Balaban J connectivity index is 1.80. The predicted octanol–water partition coefficient (Wildman–Crippen LogP) is 4.28. The molecule has 0 aliphatic carbocycles. The van der Waals surface area contributed by atoms with Crippen LogP contribution in [-0.4, -0.2) is 19.5 Å². The molecule has 2 aromatic heterocycles. The first-order valence-electron chi connectivity index (χ1n) is 8.36. The minimum atomic E-state index is -3.68. The Labute approximate surface area is 167 Å². The lowest BCUT2D eigenvalue weighted by Gasteiger charge is -2.08. The van der Waals surface area contributed by atoms with Crippen LogP contribution in [0.1, 0.15) is 28.8 Å². The summed E-state index contributed by atoms with van der Waals surface area (Å²) in [5, 5.41) is 6.51. The second-order valence-corrected chi connectivity index (χ2v) is 9.12. The Morgan fingerprint density at radius 2 is 1.89 bits per heavy atom. The molecule has 0 aliphatic rings. The lowest BCUT2D eigenvalue weighted by molar-refractivity contribution is -0.114. The number of carbonyl (C=O) groups is 1. The smallest absolute Gasteiger partial charge is 0.271 e. The van der Waals surface area contributed by atoms with E-state index >= 15 is 0 Å². The number of thiophene rings is 1. The molecular weight excluding hydrogens is 398 g/mol. The largest absolute Gasteiger partial charge is 0.354 e. The van der Waals surface area contributed by atoms with Gasteiger partial charge in [-0.25, -0.2) is 8.42 Å². The predicted molar refractivity (Wildman–Crippen MR) is 111 cm³/mol. The molecule has 146 valence electrons. The summed E-state index contributed by atoms with van der Waals surface area (Å²) in [5.41, 5.74) is 2.44. The first kappa shape index (κ1) is 19.8. The summed E-state index contributed by atoms with van der Waals surface area (Å²) in [6.07, 6.45) is 3.35. The normalized spacial score (nSPS) is 11.7. The number of hydrogen-bond donors (Lipinski definition) is 2. The second-order valence-electron chi connectivity index (χ2n) is 6.10. The van der Waals surface area contributed by atoms with Gasteiger partial charge in [-0.05, 0) is 49.8 Å². The van der Waals surface area contributed by atoms with Crippen LogP contribution in [0, 0.1) is 13.8 Å². The van der Waals surface area contributed by atoms with E-state index in [1.54, 1.807) is 43.3 Å². The number of aromatic nitrogens is 1. The molecule has 0 radical (unpaired) electrons. The molecule has 3 rings (SSSR count). The zero-order chi connectivity index (χ0) is 20.3. The van der Waals surface area contributed by atoms with Crippen LogP contribution in [0.5, 0.6) is 0 Å². The van der Waals surface area contributed by atoms with Gasteiger partial charge in [0.05, 0.1) is 5.69 Å². The zero-order valence-corrected chi connectivity index (χ0v) is 17.1. The molecule has 1 amide bonds. The SMILES string of the molecule is CC(=O)Nc1c(C)noc1/C=C/c1ccc(S(=O)(=O)Nc2ccccc2C)s1. The number of rotatable bonds is 6. The Kier molecular flexibility index (Phi) is 5.66. The molecule has 0 aliphatic heterocycles. The summed E-state index contributed by atoms with van der Waals surface area (Å²) in [6.45, 7) is 4.96. The summed E-state index contributed by atoms with van der Waals surface area (Å²) in [6, 6.07) is 10.4. The summed E-state index contributed by atoms with van der Waals surface area (Å²) in [7, 11) is -3.68. The van der Waals surface area contributed by atoms with E-state index in [1.165, 1.54) is 6.92 Å². The number of nitrogens with one attached hydrogen (secondary N) is 2. The van der Waals surface area contributed by atoms with Gasteiger partial charge in [-0.15, -0.1) is 11.3 Å². The second kappa shape index (κ2) is 7.99. The van der Waals surface area contributed by atoms with Crippen molar-refractivity contribution in [2.45, 2.75) is 25.0 Å². The maximum Gasteiger partial charge on any atom is 0.271 e. The van der Waals surface area contributed by atoms with Crippen LogP contribution in [-0.2, 0) is 14.8 Å². The maximum absolute atomic E-state index is 12.6. The molecular formula is C19H19N3O4S2. The molecule has 28 heavy (non-hydrogen) atoms. The van der Waals surface area contributed by atoms with Gasteiger partial charge in [0.15, 0.2) is 5.76 Å². The fraction of sp³-hybridized carbons (Fsp3) is 0.158. The van der Waals surface area contributed by atoms with Crippen LogP contribution < -0.4 is 10.0 Å². The van der Waals surface area contributed by atoms with Gasteiger partial charge in [-0.2, -0.15) is 0 Å². The zero-order valence-electron chi connectivity index (χ0n) is 15.5. The fourth-order valence-electron chi connectivity index (χ4n) is 2.44. The molecule has 0 fully saturated rings. The first-order chi connectivity index (χ1) is 13.3. The number of para-hydroxylation sites is 1. The molecule has 0 saturated carbocycles. The van der Waals surface area contributed by atoms with Gasteiger partial charge in [-0.1, -0.05) is 23.4 Å². The summed E-state index contributed by atoms with van der Waals surface area (Å²) in [5.74, 6) is 0.163. The lowest BCUT2D eigenvalue weighted by Crippen LogP contribution is -2.12. The monoisotopic (exact) mass is 417 g/mol. The number of benzene rings is 1. The molecule has 1 aromatic carbocycles. The molecule has 2 N–H and O–H groups in total. The van der Waals surface area contributed by atoms with Crippen LogP contribution in [0.3, 0.4) is 0 Å². The van der Waals surface area contributed by atoms with E-state index in [9.17, 15) is 13.2 Å². The van der Waals surface area contributed by atoms with Gasteiger partial charge in [0.1, 0.15) is 15.6 Å². The Morgan fingerprint density at radius 3 is 2.61 bits per heavy atom. The Bertz CT molecular complexity index is 1140. The molecule has 0 atom stereocenters. The highest BCUT2D eigenvalue weighted by Crippen LogP contribution is 2.28. The van der Waals surface area contributed by atoms with Crippen molar-refractivity contribution in [1.29, 1.82) is 0 Å². The van der Waals surface area contributed by atoms with E-state index in [4.69, 9.17) is 4.52 Å². The average molecular weight is 418 g/mol. The van der Waals surface area contributed by atoms with Gasteiger partial charge >= 0.3 is 0 Å². The summed E-state index contributed by atoms with van der Waals surface area (Å²) in [4.78, 5) is 12.0. The minimum Gasteiger partial charge on any atom is -0.354 e. The van der Waals surface area contributed by atoms with Crippen LogP contribution in [0.2, 0.25) is 0 Å². The maximum atomic E-state index is 12.6. The van der Waals surface area contributed by atoms with E-state index in [2.05, 4.69) is 15.2 Å². The van der Waals surface area contributed by atoms with Gasteiger partial charge in [0.25, 0.3) is 10.0 Å². The van der Waals surface area contributed by atoms with Crippen LogP contribution >= 0.6 is 11.3 Å². The lowest BCUT2D eigenvalue weighted by atomic mass is 10.2. The van der Waals surface area contributed by atoms with E-state index in [1.807, 2.05) is 19.1 Å². The number of hydrogen-bond acceptors (Lipinski definition) is 6. The van der Waals surface area contributed by atoms with Crippen molar-refractivity contribution in [3.63, 3.8) is 0 Å². The number of sulfonamides is 1. The number of aryl methyl sites for hydroxylation is 2. The number of carbonyl (C=O) groups excluding carboxylic acids is 1. The first-order valence-corrected chi connectivity index (χ1v) is 10.7. The number of anilines is 2. The molecule has 0 bridgehead atoms. The van der Waals surface area contributed by atoms with Crippen LogP contribution in [0.25, 0.3) is 12.2 Å². The molecule has 7 nitrogen and oxygen atoms in total. The van der Waals surface area contributed by atoms with Gasteiger partial charge in [0.2, 0.25) is 5.91 Å². The quantitative estimate of drug-likeness (QED) is 0.623. The molecule has 0 saturated heterocycles. The third kappa shape index (κ3) is 4.49. The Morgan fingerprint density at radius 1 is 1.14 bits per heavy atom. The van der Waals surface area contributed by atoms with Crippen molar-refractivity contribution in [3.8, 4) is 0 Å². The molecule has 9 heteroatoms. The van der Waals surface area contributed by atoms with Crippen molar-refractivity contribution in [2.24, 2.45) is 0 Å². The molecule has 3 aromatic rings. The molecule has 2 heterocycles. The standard InChI is InChI=1S/C19H19N3O4S2/c1-12-6-4-5-7-16(12)22-28(24,25)18-11-9-15(27-18)8-10-17-19(20-14(3)23)13(2)21-26-17/h4-11,22H,1-3H3,(H,20,23)/b10-8+. The third-order valence-corrected chi connectivity index (χ3v) is 6.75. The highest BCUT2D eigenvalue weighted by atomic mass is 32.2. The average Bonchev–Trinajstić information content (AvgIpc) is 3.23. The third-order valence-electron chi connectivity index (χ3n) is 3.85. The van der Waals surface area contributed by atoms with Crippen molar-refractivity contribution in [2.75, 3.05) is 10.0 Å². The highest BCUT2D eigenvalue weighted by Gasteiger charge is 2.17. The fourth-order valence-corrected chi connectivity index (χ4v) is 4.80. The highest BCUT2D eigenvalue weighted by molar-refractivity contribution is 7.94. The van der Waals surface area contributed by atoms with E-state index in [-0.39, 0.29) is 10.1 Å². The van der Waals surface area contributed by atoms with Crippen molar-refractivity contribution in [1.82, 2.24) is 5.16 Å². The van der Waals surface area contributed by atoms with Crippen molar-refractivity contribution < 1.29 is 17.7 Å². The van der Waals surface area contributed by atoms with Crippen LogP contribution in [0.15, 0.2) is 45.1 Å². The van der Waals surface area contributed by atoms with Gasteiger partial charge < -0.3 is 9.84 Å². The van der Waals surface area contributed by atoms with Gasteiger partial charge in [-0.3, -0.25) is 9.52 Å². The van der Waals surface area contributed by atoms with Gasteiger partial charge in [0, 0.05) is 11.8 Å². The molecule has 0 unspecified atom stereocenters. The van der Waals surface area contributed by atoms with Crippen LogP contribution in [0.4, 0.5) is 11.4 Å². The van der Waals surface area contributed by atoms with E-state index in [0.29, 0.717) is 27.7 Å². The summed E-state index contributed by atoms with van der Waals surface area (Å²) < 4.78 is 33.3. The molecule has 0 spiro atoms. The number of amides is 1. The summed E-state index contributed by atoms with van der Waals surface area (Å²) >= 11 is 1.12. The van der Waals surface area contributed by atoms with Crippen molar-refractivity contribution >= 4 is 50.8 Å². The topological polar surface area (TPSA) is 101 Å².